The summed E-state index contributed by atoms with van der Waals surface area (Å²) in [6.45, 7) is 1.56. The van der Waals surface area contributed by atoms with Crippen molar-refractivity contribution in [2.45, 2.75) is 19.0 Å². The molecule has 2 aromatic rings. The van der Waals surface area contributed by atoms with Crippen molar-refractivity contribution in [2.24, 2.45) is 5.73 Å². The SMILES string of the molecule is NC1CCN(c2nccn(Cc3ccccc3F)c2=O)C1. The van der Waals surface area contributed by atoms with Crippen LogP contribution in [-0.2, 0) is 6.54 Å². The summed E-state index contributed by atoms with van der Waals surface area (Å²) in [7, 11) is 0. The molecule has 2 heterocycles. The number of hydrogen-bond donors (Lipinski definition) is 1. The molecule has 1 saturated heterocycles. The van der Waals surface area contributed by atoms with Crippen LogP contribution in [0.5, 0.6) is 0 Å². The molecule has 1 atom stereocenters. The lowest BCUT2D eigenvalue weighted by Crippen LogP contribution is -2.34. The lowest BCUT2D eigenvalue weighted by Gasteiger charge is -2.17. The molecule has 1 aromatic carbocycles. The van der Waals surface area contributed by atoms with Crippen LogP contribution in [0.15, 0.2) is 41.5 Å². The molecule has 21 heavy (non-hydrogen) atoms. The summed E-state index contributed by atoms with van der Waals surface area (Å²) in [6, 6.07) is 6.53. The quantitative estimate of drug-likeness (QED) is 0.914. The molecule has 6 heteroatoms. The fourth-order valence-corrected chi connectivity index (χ4v) is 2.57. The van der Waals surface area contributed by atoms with Crippen LogP contribution >= 0.6 is 0 Å². The molecule has 0 radical (unpaired) electrons. The highest BCUT2D eigenvalue weighted by molar-refractivity contribution is 5.37. The molecule has 1 aromatic heterocycles. The summed E-state index contributed by atoms with van der Waals surface area (Å²) in [4.78, 5) is 18.5. The summed E-state index contributed by atoms with van der Waals surface area (Å²) >= 11 is 0. The average molecular weight is 288 g/mol. The third kappa shape index (κ3) is 2.80. The predicted molar refractivity (Wildman–Crippen MR) is 78.8 cm³/mol. The molecule has 1 fully saturated rings. The van der Waals surface area contributed by atoms with Crippen LogP contribution in [0.3, 0.4) is 0 Å². The van der Waals surface area contributed by atoms with E-state index in [-0.39, 0.29) is 24.0 Å². The summed E-state index contributed by atoms with van der Waals surface area (Å²) in [5.74, 6) is 0.0766. The molecule has 0 amide bonds. The lowest BCUT2D eigenvalue weighted by molar-refractivity contribution is 0.595. The molecule has 1 aliphatic heterocycles. The van der Waals surface area contributed by atoms with Gasteiger partial charge in [0.15, 0.2) is 5.82 Å². The molecule has 110 valence electrons. The van der Waals surface area contributed by atoms with Gasteiger partial charge in [0.2, 0.25) is 0 Å². The fraction of sp³-hybridized carbons (Fsp3) is 0.333. The summed E-state index contributed by atoms with van der Waals surface area (Å²) in [6.07, 6.45) is 4.00. The average Bonchev–Trinajstić information content (AvgIpc) is 2.90. The molecule has 0 aliphatic carbocycles. The third-order valence-electron chi connectivity index (χ3n) is 3.72. The molecule has 1 unspecified atom stereocenters. The van der Waals surface area contributed by atoms with Gasteiger partial charge >= 0.3 is 0 Å². The van der Waals surface area contributed by atoms with Crippen molar-refractivity contribution in [3.63, 3.8) is 0 Å². The lowest BCUT2D eigenvalue weighted by atomic mass is 10.2. The maximum atomic E-state index is 13.7. The second-order valence-corrected chi connectivity index (χ2v) is 5.27. The van der Waals surface area contributed by atoms with Gasteiger partial charge in [-0.2, -0.15) is 0 Å². The van der Waals surface area contributed by atoms with Crippen molar-refractivity contribution in [3.8, 4) is 0 Å². The number of nitrogens with two attached hydrogens (primary N) is 1. The standard InChI is InChI=1S/C15H17FN4O/c16-13-4-2-1-3-11(13)9-20-8-6-18-14(15(20)21)19-7-5-12(17)10-19/h1-4,6,8,12H,5,7,9-10,17H2. The first kappa shape index (κ1) is 13.8. The van der Waals surface area contributed by atoms with Gasteiger partial charge in [-0.15, -0.1) is 0 Å². The van der Waals surface area contributed by atoms with Crippen LogP contribution in [0.2, 0.25) is 0 Å². The highest BCUT2D eigenvalue weighted by Gasteiger charge is 2.23. The summed E-state index contributed by atoms with van der Waals surface area (Å²) in [5, 5.41) is 0. The van der Waals surface area contributed by atoms with Crippen molar-refractivity contribution in [2.75, 3.05) is 18.0 Å². The number of rotatable bonds is 3. The number of nitrogens with zero attached hydrogens (tertiary/aromatic N) is 3. The van der Waals surface area contributed by atoms with E-state index in [1.165, 1.54) is 10.6 Å². The van der Waals surface area contributed by atoms with Crippen LogP contribution in [-0.4, -0.2) is 28.7 Å². The third-order valence-corrected chi connectivity index (χ3v) is 3.72. The van der Waals surface area contributed by atoms with Crippen LogP contribution in [0.1, 0.15) is 12.0 Å². The molecule has 5 nitrogen and oxygen atoms in total. The second-order valence-electron chi connectivity index (χ2n) is 5.27. The molecule has 1 aliphatic rings. The van der Waals surface area contributed by atoms with E-state index in [0.29, 0.717) is 17.9 Å². The van der Waals surface area contributed by atoms with Crippen LogP contribution < -0.4 is 16.2 Å². The topological polar surface area (TPSA) is 64.2 Å². The summed E-state index contributed by atoms with van der Waals surface area (Å²) < 4.78 is 15.2. The first-order valence-corrected chi connectivity index (χ1v) is 6.94. The van der Waals surface area contributed by atoms with Crippen LogP contribution in [0.25, 0.3) is 0 Å². The maximum Gasteiger partial charge on any atom is 0.293 e. The fourth-order valence-electron chi connectivity index (χ4n) is 2.57. The van der Waals surface area contributed by atoms with Crippen molar-refractivity contribution in [3.05, 3.63) is 58.4 Å². The van der Waals surface area contributed by atoms with Gasteiger partial charge in [0.05, 0.1) is 6.54 Å². The largest absolute Gasteiger partial charge is 0.350 e. The minimum absolute atomic E-state index is 0.0754. The first-order valence-electron chi connectivity index (χ1n) is 6.94. The Kier molecular flexibility index (Phi) is 3.70. The van der Waals surface area contributed by atoms with Gasteiger partial charge < -0.3 is 15.2 Å². The van der Waals surface area contributed by atoms with E-state index in [0.717, 1.165) is 13.0 Å². The van der Waals surface area contributed by atoms with Gasteiger partial charge in [-0.25, -0.2) is 9.37 Å². The Hall–Kier alpha value is -2.21. The molecule has 3 rings (SSSR count). The number of halogens is 1. The van der Waals surface area contributed by atoms with Crippen LogP contribution in [0, 0.1) is 5.82 Å². The first-order chi connectivity index (χ1) is 10.1. The van der Waals surface area contributed by atoms with E-state index in [4.69, 9.17) is 5.73 Å². The Morgan fingerprint density at radius 2 is 2.19 bits per heavy atom. The molecular formula is C15H17FN4O. The Morgan fingerprint density at radius 1 is 1.38 bits per heavy atom. The van der Waals surface area contributed by atoms with Crippen LogP contribution in [0.4, 0.5) is 10.2 Å². The zero-order valence-corrected chi connectivity index (χ0v) is 11.6. The van der Waals surface area contributed by atoms with E-state index >= 15 is 0 Å². The smallest absolute Gasteiger partial charge is 0.293 e. The van der Waals surface area contributed by atoms with Crippen molar-refractivity contribution in [1.29, 1.82) is 0 Å². The number of benzene rings is 1. The highest BCUT2D eigenvalue weighted by atomic mass is 19.1. The Balaban J connectivity index is 1.90. The highest BCUT2D eigenvalue weighted by Crippen LogP contribution is 2.13. The van der Waals surface area contributed by atoms with Crippen molar-refractivity contribution in [1.82, 2.24) is 9.55 Å². The van der Waals surface area contributed by atoms with E-state index in [2.05, 4.69) is 4.98 Å². The molecule has 0 spiro atoms. The van der Waals surface area contributed by atoms with Crippen molar-refractivity contribution >= 4 is 5.82 Å². The zero-order valence-electron chi connectivity index (χ0n) is 11.6. The number of anilines is 1. The minimum atomic E-state index is -0.314. The maximum absolute atomic E-state index is 13.7. The number of aromatic nitrogens is 2. The van der Waals surface area contributed by atoms with E-state index < -0.39 is 0 Å². The number of hydrogen-bond acceptors (Lipinski definition) is 4. The Morgan fingerprint density at radius 3 is 2.90 bits per heavy atom. The monoisotopic (exact) mass is 288 g/mol. The second kappa shape index (κ2) is 5.65. The molecule has 2 N–H and O–H groups in total. The van der Waals surface area contributed by atoms with Gasteiger partial charge in [-0.05, 0) is 12.5 Å². The van der Waals surface area contributed by atoms with Gasteiger partial charge in [0, 0.05) is 37.1 Å². The van der Waals surface area contributed by atoms with Gasteiger partial charge in [0.1, 0.15) is 5.82 Å². The van der Waals surface area contributed by atoms with E-state index in [1.54, 1.807) is 30.6 Å². The molecular weight excluding hydrogens is 271 g/mol. The Bertz CT molecular complexity index is 700. The normalized spacial score (nSPS) is 18.2. The van der Waals surface area contributed by atoms with E-state index in [9.17, 15) is 9.18 Å². The predicted octanol–water partition coefficient (Wildman–Crippen LogP) is 0.968. The zero-order chi connectivity index (χ0) is 14.8. The van der Waals surface area contributed by atoms with E-state index in [1.807, 2.05) is 4.90 Å². The van der Waals surface area contributed by atoms with Gasteiger partial charge in [0.25, 0.3) is 5.56 Å². The van der Waals surface area contributed by atoms with Gasteiger partial charge in [-0.1, -0.05) is 18.2 Å². The Labute approximate surface area is 121 Å². The molecule has 0 saturated carbocycles. The minimum Gasteiger partial charge on any atom is -0.350 e. The summed E-state index contributed by atoms with van der Waals surface area (Å²) in [5.41, 5.74) is 6.13. The van der Waals surface area contributed by atoms with Crippen molar-refractivity contribution < 1.29 is 4.39 Å². The molecule has 0 bridgehead atoms. The van der Waals surface area contributed by atoms with Gasteiger partial charge in [-0.3, -0.25) is 4.79 Å².